The molecule has 0 unspecified atom stereocenters. The van der Waals surface area contributed by atoms with Gasteiger partial charge in [-0.3, -0.25) is 0 Å². The van der Waals surface area contributed by atoms with Crippen LogP contribution in [0.4, 0.5) is 0 Å². The zero-order valence-electron chi connectivity index (χ0n) is 11.1. The second-order valence-corrected chi connectivity index (χ2v) is 5.29. The van der Waals surface area contributed by atoms with E-state index in [2.05, 4.69) is 15.9 Å². The number of hydrogen-bond acceptors (Lipinski definition) is 4. The molecule has 3 N–H and O–H groups in total. The predicted octanol–water partition coefficient (Wildman–Crippen LogP) is 2.48. The monoisotopic (exact) mass is 317 g/mol. The summed E-state index contributed by atoms with van der Waals surface area (Å²) in [5.41, 5.74) is 6.85. The molecule has 0 amide bonds. The minimum Gasteiger partial charge on any atom is -0.495 e. The first-order valence-electron chi connectivity index (χ1n) is 5.77. The average molecular weight is 318 g/mol. The van der Waals surface area contributed by atoms with Crippen LogP contribution in [0.25, 0.3) is 0 Å². The van der Waals surface area contributed by atoms with Crippen LogP contribution in [-0.4, -0.2) is 25.4 Å². The Labute approximate surface area is 116 Å². The van der Waals surface area contributed by atoms with Gasteiger partial charge in [-0.15, -0.1) is 0 Å². The first-order valence-corrected chi connectivity index (χ1v) is 6.56. The maximum atomic E-state index is 10.0. The molecule has 5 heteroatoms. The molecular weight excluding hydrogens is 298 g/mol. The van der Waals surface area contributed by atoms with Crippen LogP contribution >= 0.6 is 15.9 Å². The Balaban J connectivity index is 3.17. The number of aliphatic hydroxyl groups excluding tert-OH is 1. The standard InChI is InChI=1S/C13H20BrNO3/c1-7(2)13(16)12(15)8-5-9(17-3)11(14)10(6-8)18-4/h5-7,12-13,16H,15H2,1-4H3/t12-,13+/m1/s1. The lowest BCUT2D eigenvalue weighted by molar-refractivity contribution is 0.0978. The van der Waals surface area contributed by atoms with Gasteiger partial charge >= 0.3 is 0 Å². The number of methoxy groups -OCH3 is 2. The van der Waals surface area contributed by atoms with E-state index in [0.717, 1.165) is 10.0 Å². The third-order valence-electron chi connectivity index (χ3n) is 2.90. The number of benzene rings is 1. The lowest BCUT2D eigenvalue weighted by Gasteiger charge is -2.23. The van der Waals surface area contributed by atoms with Gasteiger partial charge in [-0.05, 0) is 39.5 Å². The Morgan fingerprint density at radius 1 is 1.17 bits per heavy atom. The first-order chi connectivity index (χ1) is 8.42. The number of ether oxygens (including phenoxy) is 2. The van der Waals surface area contributed by atoms with Crippen molar-refractivity contribution in [3.63, 3.8) is 0 Å². The minimum absolute atomic E-state index is 0.0839. The van der Waals surface area contributed by atoms with Gasteiger partial charge < -0.3 is 20.3 Å². The van der Waals surface area contributed by atoms with E-state index in [-0.39, 0.29) is 5.92 Å². The Kier molecular flexibility index (Phi) is 5.44. The van der Waals surface area contributed by atoms with E-state index in [1.807, 2.05) is 26.0 Å². The molecule has 0 fully saturated rings. The normalized spacial score (nSPS) is 14.4. The smallest absolute Gasteiger partial charge is 0.137 e. The van der Waals surface area contributed by atoms with Gasteiger partial charge in [0, 0.05) is 0 Å². The van der Waals surface area contributed by atoms with Crippen molar-refractivity contribution in [1.82, 2.24) is 0 Å². The third kappa shape index (κ3) is 3.16. The molecule has 4 nitrogen and oxygen atoms in total. The quantitative estimate of drug-likeness (QED) is 0.875. The second kappa shape index (κ2) is 6.41. The highest BCUT2D eigenvalue weighted by Gasteiger charge is 2.22. The largest absolute Gasteiger partial charge is 0.495 e. The maximum absolute atomic E-state index is 10.0. The lowest BCUT2D eigenvalue weighted by Crippen LogP contribution is -2.30. The number of nitrogens with two attached hydrogens (primary N) is 1. The van der Waals surface area contributed by atoms with E-state index in [4.69, 9.17) is 15.2 Å². The highest BCUT2D eigenvalue weighted by Crippen LogP contribution is 2.37. The van der Waals surface area contributed by atoms with Crippen molar-refractivity contribution < 1.29 is 14.6 Å². The molecule has 0 bridgehead atoms. The zero-order valence-corrected chi connectivity index (χ0v) is 12.7. The topological polar surface area (TPSA) is 64.7 Å². The lowest BCUT2D eigenvalue weighted by atomic mass is 9.94. The summed E-state index contributed by atoms with van der Waals surface area (Å²) in [7, 11) is 3.15. The van der Waals surface area contributed by atoms with E-state index in [9.17, 15) is 5.11 Å². The first kappa shape index (κ1) is 15.3. The summed E-state index contributed by atoms with van der Waals surface area (Å²) in [4.78, 5) is 0. The van der Waals surface area contributed by atoms with Crippen molar-refractivity contribution in [2.45, 2.75) is 26.0 Å². The molecule has 0 heterocycles. The van der Waals surface area contributed by atoms with E-state index in [0.29, 0.717) is 11.5 Å². The number of aliphatic hydroxyl groups is 1. The minimum atomic E-state index is -0.611. The van der Waals surface area contributed by atoms with Gasteiger partial charge in [-0.25, -0.2) is 0 Å². The van der Waals surface area contributed by atoms with Gasteiger partial charge in [-0.2, -0.15) is 0 Å². The number of halogens is 1. The molecule has 1 aromatic rings. The fourth-order valence-corrected chi connectivity index (χ4v) is 2.25. The van der Waals surface area contributed by atoms with E-state index >= 15 is 0 Å². The van der Waals surface area contributed by atoms with Crippen LogP contribution in [0, 0.1) is 5.92 Å². The van der Waals surface area contributed by atoms with Crippen LogP contribution in [0.15, 0.2) is 16.6 Å². The Morgan fingerprint density at radius 3 is 1.94 bits per heavy atom. The average Bonchev–Trinajstić information content (AvgIpc) is 2.37. The summed E-state index contributed by atoms with van der Waals surface area (Å²) < 4.78 is 11.2. The molecule has 0 saturated heterocycles. The number of rotatable bonds is 5. The highest BCUT2D eigenvalue weighted by atomic mass is 79.9. The molecule has 0 radical (unpaired) electrons. The van der Waals surface area contributed by atoms with Crippen LogP contribution in [0.3, 0.4) is 0 Å². The zero-order chi connectivity index (χ0) is 13.9. The molecule has 0 saturated carbocycles. The molecule has 1 aromatic carbocycles. The fourth-order valence-electron chi connectivity index (χ4n) is 1.69. The molecule has 1 rings (SSSR count). The van der Waals surface area contributed by atoms with E-state index < -0.39 is 12.1 Å². The van der Waals surface area contributed by atoms with Gasteiger partial charge in [-0.1, -0.05) is 13.8 Å². The van der Waals surface area contributed by atoms with Crippen molar-refractivity contribution in [2.75, 3.05) is 14.2 Å². The number of hydrogen-bond donors (Lipinski definition) is 2. The SMILES string of the molecule is COc1cc([C@@H](N)[C@@H](O)C(C)C)cc(OC)c1Br. The molecule has 18 heavy (non-hydrogen) atoms. The summed E-state index contributed by atoms with van der Waals surface area (Å²) in [5, 5.41) is 10.0. The second-order valence-electron chi connectivity index (χ2n) is 4.50. The molecule has 0 aromatic heterocycles. The Hall–Kier alpha value is -0.780. The van der Waals surface area contributed by atoms with Gasteiger partial charge in [0.2, 0.25) is 0 Å². The van der Waals surface area contributed by atoms with Gasteiger partial charge in [0.1, 0.15) is 16.0 Å². The molecule has 0 spiro atoms. The van der Waals surface area contributed by atoms with Gasteiger partial charge in [0.05, 0.1) is 26.4 Å². The molecular formula is C13H20BrNO3. The molecule has 0 aliphatic heterocycles. The summed E-state index contributed by atoms with van der Waals surface area (Å²) in [6.07, 6.45) is -0.611. The van der Waals surface area contributed by atoms with Gasteiger partial charge in [0.25, 0.3) is 0 Å². The van der Waals surface area contributed by atoms with Crippen LogP contribution in [0.1, 0.15) is 25.5 Å². The molecule has 0 aliphatic rings. The van der Waals surface area contributed by atoms with Crippen molar-refractivity contribution in [1.29, 1.82) is 0 Å². The van der Waals surface area contributed by atoms with Crippen molar-refractivity contribution in [2.24, 2.45) is 11.7 Å². The Bertz CT molecular complexity index is 384. The third-order valence-corrected chi connectivity index (χ3v) is 3.69. The van der Waals surface area contributed by atoms with Crippen LogP contribution in [0.2, 0.25) is 0 Å². The molecule has 0 aliphatic carbocycles. The highest BCUT2D eigenvalue weighted by molar-refractivity contribution is 9.10. The summed E-state index contributed by atoms with van der Waals surface area (Å²) in [6, 6.07) is 3.15. The van der Waals surface area contributed by atoms with Gasteiger partial charge in [0.15, 0.2) is 0 Å². The fraction of sp³-hybridized carbons (Fsp3) is 0.538. The van der Waals surface area contributed by atoms with E-state index in [1.165, 1.54) is 0 Å². The summed E-state index contributed by atoms with van der Waals surface area (Å²) >= 11 is 3.40. The van der Waals surface area contributed by atoms with Crippen molar-refractivity contribution in [3.8, 4) is 11.5 Å². The Morgan fingerprint density at radius 2 is 1.61 bits per heavy atom. The van der Waals surface area contributed by atoms with E-state index in [1.54, 1.807) is 14.2 Å². The summed E-state index contributed by atoms with van der Waals surface area (Å²) in [5.74, 6) is 1.35. The van der Waals surface area contributed by atoms with Crippen LogP contribution < -0.4 is 15.2 Å². The predicted molar refractivity (Wildman–Crippen MR) is 75.0 cm³/mol. The molecule has 102 valence electrons. The maximum Gasteiger partial charge on any atom is 0.137 e. The van der Waals surface area contributed by atoms with Crippen LogP contribution in [-0.2, 0) is 0 Å². The van der Waals surface area contributed by atoms with Crippen LogP contribution in [0.5, 0.6) is 11.5 Å². The van der Waals surface area contributed by atoms with Crippen molar-refractivity contribution >= 4 is 15.9 Å². The summed E-state index contributed by atoms with van der Waals surface area (Å²) in [6.45, 7) is 3.86. The molecule has 2 atom stereocenters. The van der Waals surface area contributed by atoms with Crippen molar-refractivity contribution in [3.05, 3.63) is 22.2 Å².